The average molecular weight is 326 g/mol. The van der Waals surface area contributed by atoms with Gasteiger partial charge in [0.2, 0.25) is 0 Å². The van der Waals surface area contributed by atoms with Crippen LogP contribution in [0.1, 0.15) is 38.7 Å². The van der Waals surface area contributed by atoms with E-state index in [1.54, 1.807) is 12.5 Å². The first-order valence-corrected chi connectivity index (χ1v) is 8.75. The van der Waals surface area contributed by atoms with E-state index in [2.05, 4.69) is 29.5 Å². The summed E-state index contributed by atoms with van der Waals surface area (Å²) >= 11 is 0. The number of amides is 2. The zero-order chi connectivity index (χ0) is 16.9. The van der Waals surface area contributed by atoms with Crippen LogP contribution in [-0.4, -0.2) is 21.6 Å². The highest BCUT2D eigenvalue weighted by molar-refractivity contribution is 5.74. The molecule has 0 bridgehead atoms. The molecule has 1 aliphatic carbocycles. The van der Waals surface area contributed by atoms with Gasteiger partial charge in [-0.2, -0.15) is 0 Å². The number of carbonyl (C=O) groups excluding carboxylic acids is 1. The number of hydrogen-bond acceptors (Lipinski definition) is 2. The Morgan fingerprint density at radius 3 is 2.92 bits per heavy atom. The molecule has 1 saturated carbocycles. The van der Waals surface area contributed by atoms with Gasteiger partial charge in [0, 0.05) is 25.0 Å². The van der Waals surface area contributed by atoms with E-state index in [0.29, 0.717) is 18.4 Å². The Morgan fingerprint density at radius 1 is 1.29 bits per heavy atom. The molecule has 3 unspecified atom stereocenters. The summed E-state index contributed by atoms with van der Waals surface area (Å²) in [4.78, 5) is 16.4. The Kier molecular flexibility index (Phi) is 5.18. The molecule has 3 atom stereocenters. The second-order valence-electron chi connectivity index (χ2n) is 6.80. The molecule has 0 saturated heterocycles. The maximum absolute atomic E-state index is 12.3. The van der Waals surface area contributed by atoms with E-state index in [4.69, 9.17) is 0 Å². The van der Waals surface area contributed by atoms with E-state index in [1.165, 1.54) is 12.8 Å². The van der Waals surface area contributed by atoms with E-state index >= 15 is 0 Å². The fourth-order valence-electron chi connectivity index (χ4n) is 3.49. The molecule has 1 fully saturated rings. The molecule has 24 heavy (non-hydrogen) atoms. The van der Waals surface area contributed by atoms with Gasteiger partial charge in [-0.1, -0.05) is 44.9 Å². The van der Waals surface area contributed by atoms with Gasteiger partial charge in [0.15, 0.2) is 0 Å². The van der Waals surface area contributed by atoms with E-state index in [9.17, 15) is 4.79 Å². The van der Waals surface area contributed by atoms with Gasteiger partial charge in [-0.3, -0.25) is 0 Å². The zero-order valence-corrected chi connectivity index (χ0v) is 14.4. The van der Waals surface area contributed by atoms with Crippen LogP contribution in [-0.2, 0) is 6.54 Å². The maximum atomic E-state index is 12.3. The van der Waals surface area contributed by atoms with E-state index in [-0.39, 0.29) is 12.1 Å². The van der Waals surface area contributed by atoms with Crippen LogP contribution >= 0.6 is 0 Å². The third kappa shape index (κ3) is 3.78. The van der Waals surface area contributed by atoms with Crippen LogP contribution in [0.4, 0.5) is 4.79 Å². The van der Waals surface area contributed by atoms with E-state index in [0.717, 1.165) is 17.7 Å². The SMILES string of the molecule is CC1CCCC(NC(=O)NCc2ccccc2-n2ccnc2)C1C. The largest absolute Gasteiger partial charge is 0.335 e. The molecule has 0 aliphatic heterocycles. The maximum Gasteiger partial charge on any atom is 0.315 e. The Labute approximate surface area is 143 Å². The highest BCUT2D eigenvalue weighted by Gasteiger charge is 2.28. The summed E-state index contributed by atoms with van der Waals surface area (Å²) in [5.41, 5.74) is 2.10. The average Bonchev–Trinajstić information content (AvgIpc) is 3.12. The fourth-order valence-corrected chi connectivity index (χ4v) is 3.49. The molecule has 1 aliphatic rings. The van der Waals surface area contributed by atoms with E-state index in [1.807, 2.05) is 35.0 Å². The van der Waals surface area contributed by atoms with Crippen molar-refractivity contribution < 1.29 is 4.79 Å². The van der Waals surface area contributed by atoms with Crippen LogP contribution < -0.4 is 10.6 Å². The van der Waals surface area contributed by atoms with Gasteiger partial charge in [-0.15, -0.1) is 0 Å². The lowest BCUT2D eigenvalue weighted by Crippen LogP contribution is -2.47. The lowest BCUT2D eigenvalue weighted by molar-refractivity contribution is 0.195. The predicted octanol–water partition coefficient (Wildman–Crippen LogP) is 3.50. The van der Waals surface area contributed by atoms with Crippen LogP contribution in [0.15, 0.2) is 43.0 Å². The van der Waals surface area contributed by atoms with Crippen molar-refractivity contribution in [2.24, 2.45) is 11.8 Å². The summed E-state index contributed by atoms with van der Waals surface area (Å²) in [5, 5.41) is 6.15. The highest BCUT2D eigenvalue weighted by atomic mass is 16.2. The summed E-state index contributed by atoms with van der Waals surface area (Å²) in [6, 6.07) is 8.23. The molecule has 2 aromatic rings. The number of imidazole rings is 1. The highest BCUT2D eigenvalue weighted by Crippen LogP contribution is 2.29. The molecule has 0 spiro atoms. The van der Waals surface area contributed by atoms with E-state index < -0.39 is 0 Å². The quantitative estimate of drug-likeness (QED) is 0.903. The summed E-state index contributed by atoms with van der Waals surface area (Å²) in [5.74, 6) is 1.20. The first kappa shape index (κ1) is 16.6. The fraction of sp³-hybridized carbons (Fsp3) is 0.474. The number of aromatic nitrogens is 2. The van der Waals surface area contributed by atoms with Crippen LogP contribution in [0.2, 0.25) is 0 Å². The molecule has 3 rings (SSSR count). The third-order valence-electron chi connectivity index (χ3n) is 5.24. The lowest BCUT2D eigenvalue weighted by Gasteiger charge is -2.34. The Hall–Kier alpha value is -2.30. The first-order chi connectivity index (χ1) is 11.6. The Bertz CT molecular complexity index is 668. The minimum Gasteiger partial charge on any atom is -0.335 e. The number of hydrogen-bond donors (Lipinski definition) is 2. The van der Waals surface area contributed by atoms with Crippen molar-refractivity contribution in [3.8, 4) is 5.69 Å². The van der Waals surface area contributed by atoms with Gasteiger partial charge < -0.3 is 15.2 Å². The topological polar surface area (TPSA) is 59.0 Å². The van der Waals surface area contributed by atoms with Gasteiger partial charge in [-0.05, 0) is 29.9 Å². The number of rotatable bonds is 4. The molecule has 2 amide bonds. The first-order valence-electron chi connectivity index (χ1n) is 8.75. The third-order valence-corrected chi connectivity index (χ3v) is 5.24. The Morgan fingerprint density at radius 2 is 2.12 bits per heavy atom. The summed E-state index contributed by atoms with van der Waals surface area (Å²) in [7, 11) is 0. The van der Waals surface area contributed by atoms with Crippen molar-refractivity contribution in [1.29, 1.82) is 0 Å². The summed E-state index contributed by atoms with van der Waals surface area (Å²) in [6.07, 6.45) is 8.96. The molecule has 2 N–H and O–H groups in total. The molecule has 0 radical (unpaired) electrons. The van der Waals surface area contributed by atoms with Crippen LogP contribution in [0.5, 0.6) is 0 Å². The van der Waals surface area contributed by atoms with Crippen molar-refractivity contribution >= 4 is 6.03 Å². The smallest absolute Gasteiger partial charge is 0.315 e. The normalized spacial score (nSPS) is 23.7. The minimum absolute atomic E-state index is 0.0821. The van der Waals surface area contributed by atoms with Crippen molar-refractivity contribution in [3.05, 3.63) is 48.5 Å². The summed E-state index contributed by atoms with van der Waals surface area (Å²) < 4.78 is 1.96. The van der Waals surface area contributed by atoms with Gasteiger partial charge in [0.05, 0.1) is 12.0 Å². The van der Waals surface area contributed by atoms with Crippen LogP contribution in [0, 0.1) is 11.8 Å². The standard InChI is InChI=1S/C19H26N4O/c1-14-6-5-8-17(15(14)2)22-19(24)21-12-16-7-3-4-9-18(16)23-11-10-20-13-23/h3-4,7,9-11,13-15,17H,5-6,8,12H2,1-2H3,(H2,21,22,24). The number of nitrogens with one attached hydrogen (secondary N) is 2. The van der Waals surface area contributed by atoms with Crippen molar-refractivity contribution in [1.82, 2.24) is 20.2 Å². The number of nitrogens with zero attached hydrogens (tertiary/aromatic N) is 2. The second-order valence-corrected chi connectivity index (χ2v) is 6.80. The number of carbonyl (C=O) groups is 1. The zero-order valence-electron chi connectivity index (χ0n) is 14.4. The molecular weight excluding hydrogens is 300 g/mol. The number of benzene rings is 1. The number of para-hydroxylation sites is 1. The summed E-state index contributed by atoms with van der Waals surface area (Å²) in [6.45, 7) is 5.01. The van der Waals surface area contributed by atoms with Gasteiger partial charge in [0.25, 0.3) is 0 Å². The predicted molar refractivity (Wildman–Crippen MR) is 94.9 cm³/mol. The van der Waals surface area contributed by atoms with Crippen LogP contribution in [0.3, 0.4) is 0 Å². The van der Waals surface area contributed by atoms with Crippen LogP contribution in [0.25, 0.3) is 5.69 Å². The van der Waals surface area contributed by atoms with Crippen molar-refractivity contribution in [3.63, 3.8) is 0 Å². The van der Waals surface area contributed by atoms with Gasteiger partial charge >= 0.3 is 6.03 Å². The van der Waals surface area contributed by atoms with Crippen molar-refractivity contribution in [2.45, 2.75) is 45.7 Å². The van der Waals surface area contributed by atoms with Crippen molar-refractivity contribution in [2.75, 3.05) is 0 Å². The molecule has 5 heteroatoms. The lowest BCUT2D eigenvalue weighted by atomic mass is 9.78. The molecular formula is C19H26N4O. The molecule has 5 nitrogen and oxygen atoms in total. The van der Waals surface area contributed by atoms with Gasteiger partial charge in [-0.25, -0.2) is 9.78 Å². The second kappa shape index (κ2) is 7.51. The molecule has 1 aromatic carbocycles. The molecule has 1 aromatic heterocycles. The monoisotopic (exact) mass is 326 g/mol. The molecule has 128 valence electrons. The van der Waals surface area contributed by atoms with Gasteiger partial charge in [0.1, 0.15) is 0 Å². The molecule has 1 heterocycles. The minimum atomic E-state index is -0.0821. The Balaban J connectivity index is 1.59. The number of urea groups is 1.